The van der Waals surface area contributed by atoms with Crippen molar-refractivity contribution in [3.63, 3.8) is 0 Å². The number of anilines is 1. The molecule has 2 amide bonds. The number of ether oxygens (including phenoxy) is 1. The van der Waals surface area contributed by atoms with Gasteiger partial charge in [-0.05, 0) is 37.1 Å². The second-order valence-corrected chi connectivity index (χ2v) is 7.36. The van der Waals surface area contributed by atoms with E-state index >= 15 is 0 Å². The number of hydrogen-bond acceptors (Lipinski definition) is 4. The zero-order valence-corrected chi connectivity index (χ0v) is 16.8. The van der Waals surface area contributed by atoms with Gasteiger partial charge in [0.15, 0.2) is 0 Å². The number of rotatable bonds is 6. The molecule has 3 rings (SSSR count). The number of nitrogens with zero attached hydrogens (tertiary/aromatic N) is 3. The predicted molar refractivity (Wildman–Crippen MR) is 110 cm³/mol. The first kappa shape index (κ1) is 20.5. The molecule has 7 heteroatoms. The Labute approximate surface area is 171 Å². The molecule has 0 radical (unpaired) electrons. The normalized spacial score (nSPS) is 15.9. The van der Waals surface area contributed by atoms with Gasteiger partial charge in [0.1, 0.15) is 18.2 Å². The molecule has 1 saturated heterocycles. The summed E-state index contributed by atoms with van der Waals surface area (Å²) in [6.07, 6.45) is 10.6. The van der Waals surface area contributed by atoms with Crippen LogP contribution in [-0.2, 0) is 16.1 Å². The molecule has 152 valence electrons. The third-order valence-electron chi connectivity index (χ3n) is 4.94. The molecule has 0 aliphatic carbocycles. The average Bonchev–Trinajstić information content (AvgIpc) is 3.36. The largest absolute Gasteiger partial charge is 0.481 e. The Hall–Kier alpha value is -3.27. The van der Waals surface area contributed by atoms with E-state index in [0.717, 1.165) is 18.7 Å². The first-order chi connectivity index (χ1) is 14.0. The Morgan fingerprint density at radius 3 is 2.79 bits per heavy atom. The number of benzene rings is 1. The van der Waals surface area contributed by atoms with Gasteiger partial charge in [-0.15, -0.1) is 6.42 Å². The van der Waals surface area contributed by atoms with Crippen LogP contribution in [0.15, 0.2) is 36.7 Å². The number of terminal acetylenes is 1. The number of hydrogen-bond donors (Lipinski definition) is 1. The quantitative estimate of drug-likeness (QED) is 0.604. The first-order valence-corrected chi connectivity index (χ1v) is 9.79. The molecule has 1 fully saturated rings. The number of carbonyl (C=O) groups is 2. The van der Waals surface area contributed by atoms with Crippen LogP contribution in [0.5, 0.6) is 5.75 Å². The van der Waals surface area contributed by atoms with Gasteiger partial charge in [-0.25, -0.2) is 4.98 Å². The Bertz CT molecular complexity index is 896. The van der Waals surface area contributed by atoms with E-state index in [-0.39, 0.29) is 12.6 Å². The second-order valence-electron chi connectivity index (χ2n) is 7.36. The number of likely N-dealkylation sites (tertiary alicyclic amines) is 1. The fourth-order valence-corrected chi connectivity index (χ4v) is 3.57. The molecule has 1 aromatic carbocycles. The Morgan fingerprint density at radius 2 is 2.10 bits per heavy atom. The van der Waals surface area contributed by atoms with Crippen molar-refractivity contribution in [2.45, 2.75) is 45.2 Å². The summed E-state index contributed by atoms with van der Waals surface area (Å²) in [4.78, 5) is 31.3. The van der Waals surface area contributed by atoms with Crippen molar-refractivity contribution in [3.05, 3.63) is 42.5 Å². The predicted octanol–water partition coefficient (Wildman–Crippen LogP) is 2.65. The topological polar surface area (TPSA) is 76.5 Å². The SMILES string of the molecule is C#CCOc1ccc(NC(=O)C(=O)N2CCCC2Cn2ccnc2C(C)C)cc1. The summed E-state index contributed by atoms with van der Waals surface area (Å²) >= 11 is 0. The zero-order valence-electron chi connectivity index (χ0n) is 16.8. The van der Waals surface area contributed by atoms with Gasteiger partial charge in [0.2, 0.25) is 0 Å². The van der Waals surface area contributed by atoms with Crippen LogP contribution in [0.25, 0.3) is 0 Å². The van der Waals surface area contributed by atoms with Gasteiger partial charge in [-0.1, -0.05) is 19.8 Å². The standard InChI is InChI=1S/C22H26N4O3/c1-4-14-29-19-9-7-17(8-10-19)24-21(27)22(28)26-12-5-6-18(26)15-25-13-11-23-20(25)16(2)3/h1,7-11,13,16,18H,5-6,12,14-15H2,2-3H3,(H,24,27). The molecule has 0 spiro atoms. The van der Waals surface area contributed by atoms with Crippen LogP contribution >= 0.6 is 0 Å². The highest BCUT2D eigenvalue weighted by atomic mass is 16.5. The van der Waals surface area contributed by atoms with Crippen molar-refractivity contribution in [2.75, 3.05) is 18.5 Å². The number of amides is 2. The highest BCUT2D eigenvalue weighted by Crippen LogP contribution is 2.22. The molecular formula is C22H26N4O3. The van der Waals surface area contributed by atoms with Crippen molar-refractivity contribution in [3.8, 4) is 18.1 Å². The van der Waals surface area contributed by atoms with E-state index in [2.05, 4.69) is 34.6 Å². The maximum absolute atomic E-state index is 12.8. The molecule has 1 N–H and O–H groups in total. The lowest BCUT2D eigenvalue weighted by atomic mass is 10.2. The third-order valence-corrected chi connectivity index (χ3v) is 4.94. The van der Waals surface area contributed by atoms with Crippen molar-refractivity contribution >= 4 is 17.5 Å². The number of imidazole rings is 1. The molecule has 0 bridgehead atoms. The molecule has 29 heavy (non-hydrogen) atoms. The lowest BCUT2D eigenvalue weighted by Gasteiger charge is -2.25. The summed E-state index contributed by atoms with van der Waals surface area (Å²) in [6, 6.07) is 6.74. The van der Waals surface area contributed by atoms with Gasteiger partial charge in [-0.2, -0.15) is 0 Å². The monoisotopic (exact) mass is 394 g/mol. The molecule has 2 heterocycles. The maximum Gasteiger partial charge on any atom is 0.313 e. The van der Waals surface area contributed by atoms with Crippen LogP contribution in [-0.4, -0.2) is 45.5 Å². The van der Waals surface area contributed by atoms with E-state index in [0.29, 0.717) is 30.4 Å². The molecule has 1 atom stereocenters. The van der Waals surface area contributed by atoms with Crippen molar-refractivity contribution in [1.82, 2.24) is 14.5 Å². The van der Waals surface area contributed by atoms with Gasteiger partial charge in [0.05, 0.1) is 6.04 Å². The second kappa shape index (κ2) is 9.28. The molecular weight excluding hydrogens is 368 g/mol. The van der Waals surface area contributed by atoms with Crippen molar-refractivity contribution in [2.24, 2.45) is 0 Å². The minimum atomic E-state index is -0.635. The third kappa shape index (κ3) is 4.96. The minimum Gasteiger partial charge on any atom is -0.481 e. The maximum atomic E-state index is 12.8. The number of nitrogens with one attached hydrogen (secondary N) is 1. The summed E-state index contributed by atoms with van der Waals surface area (Å²) in [5.41, 5.74) is 0.531. The van der Waals surface area contributed by atoms with E-state index in [4.69, 9.17) is 11.2 Å². The average molecular weight is 394 g/mol. The Morgan fingerprint density at radius 1 is 1.34 bits per heavy atom. The summed E-state index contributed by atoms with van der Waals surface area (Å²) < 4.78 is 7.38. The van der Waals surface area contributed by atoms with E-state index < -0.39 is 11.8 Å². The van der Waals surface area contributed by atoms with Gasteiger partial charge >= 0.3 is 11.8 Å². The van der Waals surface area contributed by atoms with E-state index in [1.807, 2.05) is 6.20 Å². The van der Waals surface area contributed by atoms with Crippen LogP contribution in [0, 0.1) is 12.3 Å². The Kier molecular flexibility index (Phi) is 6.55. The highest BCUT2D eigenvalue weighted by molar-refractivity contribution is 6.39. The molecule has 2 aromatic rings. The lowest BCUT2D eigenvalue weighted by Crippen LogP contribution is -2.44. The van der Waals surface area contributed by atoms with Gasteiger partial charge in [-0.3, -0.25) is 9.59 Å². The summed E-state index contributed by atoms with van der Waals surface area (Å²) in [5, 5.41) is 2.67. The van der Waals surface area contributed by atoms with Crippen molar-refractivity contribution < 1.29 is 14.3 Å². The highest BCUT2D eigenvalue weighted by Gasteiger charge is 2.33. The number of carbonyl (C=O) groups excluding carboxylic acids is 2. The first-order valence-electron chi connectivity index (χ1n) is 9.79. The molecule has 1 aliphatic heterocycles. The van der Waals surface area contributed by atoms with Gasteiger partial charge < -0.3 is 19.5 Å². The fraction of sp³-hybridized carbons (Fsp3) is 0.409. The molecule has 1 aromatic heterocycles. The van der Waals surface area contributed by atoms with Crippen molar-refractivity contribution in [1.29, 1.82) is 0 Å². The van der Waals surface area contributed by atoms with Gasteiger partial charge in [0.25, 0.3) is 0 Å². The Balaban J connectivity index is 1.61. The summed E-state index contributed by atoms with van der Waals surface area (Å²) in [5.74, 6) is 3.14. The minimum absolute atomic E-state index is 0.0144. The lowest BCUT2D eigenvalue weighted by molar-refractivity contribution is -0.143. The zero-order chi connectivity index (χ0) is 20.8. The van der Waals surface area contributed by atoms with Crippen LogP contribution in [0.3, 0.4) is 0 Å². The smallest absolute Gasteiger partial charge is 0.313 e. The van der Waals surface area contributed by atoms with E-state index in [1.54, 1.807) is 35.4 Å². The molecule has 1 unspecified atom stereocenters. The van der Waals surface area contributed by atoms with E-state index in [9.17, 15) is 9.59 Å². The summed E-state index contributed by atoms with van der Waals surface area (Å²) in [6.45, 7) is 5.59. The number of aromatic nitrogens is 2. The molecule has 1 aliphatic rings. The van der Waals surface area contributed by atoms with Crippen LogP contribution < -0.4 is 10.1 Å². The van der Waals surface area contributed by atoms with Gasteiger partial charge in [0, 0.05) is 37.1 Å². The van der Waals surface area contributed by atoms with Crippen LogP contribution in [0.1, 0.15) is 38.4 Å². The molecule has 7 nitrogen and oxygen atoms in total. The van der Waals surface area contributed by atoms with Crippen LogP contribution in [0.4, 0.5) is 5.69 Å². The fourth-order valence-electron chi connectivity index (χ4n) is 3.57. The summed E-state index contributed by atoms with van der Waals surface area (Å²) in [7, 11) is 0. The van der Waals surface area contributed by atoms with E-state index in [1.165, 1.54) is 0 Å². The molecule has 0 saturated carbocycles. The van der Waals surface area contributed by atoms with Crippen LogP contribution in [0.2, 0.25) is 0 Å².